The number of benzene rings is 1. The van der Waals surface area contributed by atoms with Gasteiger partial charge in [0, 0.05) is 23.5 Å². The monoisotopic (exact) mass is 496 g/mol. The van der Waals surface area contributed by atoms with Gasteiger partial charge in [0.15, 0.2) is 5.11 Å². The molecule has 3 N–H and O–H groups in total. The molecule has 1 atom stereocenters. The van der Waals surface area contributed by atoms with Gasteiger partial charge in [-0.2, -0.15) is 0 Å². The Bertz CT molecular complexity index is 1030. The third-order valence-electron chi connectivity index (χ3n) is 8.30. The molecule has 4 aliphatic carbocycles. The van der Waals surface area contributed by atoms with E-state index in [-0.39, 0.29) is 17.5 Å². The van der Waals surface area contributed by atoms with Gasteiger partial charge in [0.25, 0.3) is 0 Å². The number of thiocarbonyl (C=S) groups is 1. The van der Waals surface area contributed by atoms with Crippen molar-refractivity contribution in [1.82, 2.24) is 15.5 Å². The molecule has 1 heterocycles. The highest BCUT2D eigenvalue weighted by Crippen LogP contribution is 2.55. The molecule has 35 heavy (non-hydrogen) atoms. The van der Waals surface area contributed by atoms with Crippen molar-refractivity contribution in [3.05, 3.63) is 41.1 Å². The van der Waals surface area contributed by atoms with Crippen LogP contribution >= 0.6 is 12.2 Å². The lowest BCUT2D eigenvalue weighted by atomic mass is 9.53. The van der Waals surface area contributed by atoms with Crippen molar-refractivity contribution in [3.8, 4) is 0 Å². The second kappa shape index (κ2) is 9.45. The minimum absolute atomic E-state index is 0.0475. The SMILES string of the molecule is CCOC(=O)C1=C(C)N(CC)C(=S)NC1c1cccc(NC(=O)NC23CC4CC(CC(C4)C2)C3)c1. The summed E-state index contributed by atoms with van der Waals surface area (Å²) < 4.78 is 5.37. The van der Waals surface area contributed by atoms with E-state index in [0.717, 1.165) is 48.3 Å². The van der Waals surface area contributed by atoms with E-state index in [9.17, 15) is 9.59 Å². The Balaban J connectivity index is 1.34. The first-order valence-electron chi connectivity index (χ1n) is 13.0. The maximum Gasteiger partial charge on any atom is 0.338 e. The predicted molar refractivity (Wildman–Crippen MR) is 140 cm³/mol. The van der Waals surface area contributed by atoms with Crippen LogP contribution in [0.5, 0.6) is 0 Å². The van der Waals surface area contributed by atoms with Gasteiger partial charge in [0.05, 0.1) is 18.2 Å². The second-order valence-electron chi connectivity index (χ2n) is 10.7. The second-order valence-corrected chi connectivity index (χ2v) is 11.1. The van der Waals surface area contributed by atoms with Crippen molar-refractivity contribution in [3.63, 3.8) is 0 Å². The van der Waals surface area contributed by atoms with Crippen LogP contribution in [-0.4, -0.2) is 40.7 Å². The summed E-state index contributed by atoms with van der Waals surface area (Å²) in [6.45, 7) is 6.64. The third kappa shape index (κ3) is 4.65. The first-order chi connectivity index (χ1) is 16.8. The van der Waals surface area contributed by atoms with E-state index in [0.29, 0.717) is 29.5 Å². The van der Waals surface area contributed by atoms with Gasteiger partial charge in [0.1, 0.15) is 0 Å². The number of carbonyl (C=O) groups excluding carboxylic acids is 2. The Morgan fingerprint density at radius 3 is 2.40 bits per heavy atom. The van der Waals surface area contributed by atoms with Gasteiger partial charge in [-0.05, 0) is 107 Å². The van der Waals surface area contributed by atoms with Crippen LogP contribution in [0.25, 0.3) is 0 Å². The summed E-state index contributed by atoms with van der Waals surface area (Å²) in [5.74, 6) is 1.95. The molecule has 0 radical (unpaired) electrons. The van der Waals surface area contributed by atoms with Gasteiger partial charge in [-0.3, -0.25) is 0 Å². The van der Waals surface area contributed by atoms with Crippen molar-refractivity contribution >= 4 is 35.0 Å². The highest BCUT2D eigenvalue weighted by molar-refractivity contribution is 7.80. The summed E-state index contributed by atoms with van der Waals surface area (Å²) >= 11 is 5.58. The minimum atomic E-state index is -0.447. The van der Waals surface area contributed by atoms with Gasteiger partial charge >= 0.3 is 12.0 Å². The van der Waals surface area contributed by atoms with Crippen LogP contribution < -0.4 is 16.0 Å². The average Bonchev–Trinajstić information content (AvgIpc) is 2.78. The summed E-state index contributed by atoms with van der Waals surface area (Å²) in [6.07, 6.45) is 7.34. The molecule has 0 aromatic heterocycles. The quantitative estimate of drug-likeness (QED) is 0.385. The zero-order chi connectivity index (χ0) is 24.7. The summed E-state index contributed by atoms with van der Waals surface area (Å²) in [6, 6.07) is 7.03. The Morgan fingerprint density at radius 1 is 1.14 bits per heavy atom. The molecule has 5 aliphatic rings. The summed E-state index contributed by atoms with van der Waals surface area (Å²) in [7, 11) is 0. The highest BCUT2D eigenvalue weighted by atomic mass is 32.1. The van der Waals surface area contributed by atoms with Crippen LogP contribution in [0, 0.1) is 17.8 Å². The molecule has 0 spiro atoms. The molecule has 6 rings (SSSR count). The normalized spacial score (nSPS) is 31.3. The molecular formula is C27H36N4O3S. The molecule has 4 saturated carbocycles. The average molecular weight is 497 g/mol. The smallest absolute Gasteiger partial charge is 0.338 e. The maximum atomic E-state index is 13.1. The fourth-order valence-electron chi connectivity index (χ4n) is 7.35. The van der Waals surface area contributed by atoms with Gasteiger partial charge in [-0.1, -0.05) is 12.1 Å². The van der Waals surface area contributed by atoms with Crippen LogP contribution in [0.15, 0.2) is 35.5 Å². The van der Waals surface area contributed by atoms with Gasteiger partial charge in [-0.15, -0.1) is 0 Å². The molecule has 1 unspecified atom stereocenters. The number of anilines is 1. The van der Waals surface area contributed by atoms with Crippen molar-refractivity contribution in [1.29, 1.82) is 0 Å². The number of hydrogen-bond acceptors (Lipinski definition) is 4. The summed E-state index contributed by atoms with van der Waals surface area (Å²) in [5.41, 5.74) is 2.82. The van der Waals surface area contributed by atoms with Crippen molar-refractivity contribution in [2.24, 2.45) is 17.8 Å². The van der Waals surface area contributed by atoms with E-state index in [2.05, 4.69) is 16.0 Å². The first kappa shape index (κ1) is 24.1. The van der Waals surface area contributed by atoms with Crippen LogP contribution in [0.2, 0.25) is 0 Å². The Morgan fingerprint density at radius 2 is 1.80 bits per heavy atom. The largest absolute Gasteiger partial charge is 0.463 e. The van der Waals surface area contributed by atoms with Crippen molar-refractivity contribution in [2.45, 2.75) is 70.9 Å². The third-order valence-corrected chi connectivity index (χ3v) is 8.64. The molecule has 1 aliphatic heterocycles. The minimum Gasteiger partial charge on any atom is -0.463 e. The van der Waals surface area contributed by atoms with Crippen LogP contribution in [0.3, 0.4) is 0 Å². The topological polar surface area (TPSA) is 82.7 Å². The van der Waals surface area contributed by atoms with E-state index >= 15 is 0 Å². The number of esters is 1. The fourth-order valence-corrected chi connectivity index (χ4v) is 7.73. The first-order valence-corrected chi connectivity index (χ1v) is 13.4. The Hall–Kier alpha value is -2.61. The Labute approximate surface area is 213 Å². The molecule has 1 aromatic carbocycles. The number of urea groups is 1. The number of hydrogen-bond donors (Lipinski definition) is 3. The molecule has 8 heteroatoms. The zero-order valence-electron chi connectivity index (χ0n) is 20.9. The number of carbonyl (C=O) groups is 2. The molecule has 188 valence electrons. The zero-order valence-corrected chi connectivity index (χ0v) is 21.7. The van der Waals surface area contributed by atoms with Crippen LogP contribution in [0.1, 0.15) is 70.9 Å². The maximum absolute atomic E-state index is 13.1. The van der Waals surface area contributed by atoms with E-state index in [1.807, 2.05) is 43.0 Å². The number of rotatable bonds is 6. The lowest BCUT2D eigenvalue weighted by molar-refractivity contribution is -0.139. The molecule has 0 saturated heterocycles. The summed E-state index contributed by atoms with van der Waals surface area (Å²) in [4.78, 5) is 27.9. The van der Waals surface area contributed by atoms with Gasteiger partial charge < -0.3 is 25.6 Å². The molecule has 2 amide bonds. The molecule has 4 fully saturated rings. The number of amides is 2. The summed E-state index contributed by atoms with van der Waals surface area (Å²) in [5, 5.41) is 10.3. The number of ether oxygens (including phenoxy) is 1. The lowest BCUT2D eigenvalue weighted by Crippen LogP contribution is -2.60. The lowest BCUT2D eigenvalue weighted by Gasteiger charge is -2.56. The number of nitrogens with zero attached hydrogens (tertiary/aromatic N) is 1. The standard InChI is InChI=1S/C27H36N4O3S/c1-4-31-16(3)22(24(32)34-5-2)23(29-26(31)35)20-7-6-8-21(12-20)28-25(33)30-27-13-17-9-18(14-27)11-19(10-17)15-27/h6-8,12,17-19,23H,4-5,9-11,13-15H2,1-3H3,(H,29,35)(H2,28,30,33). The molecular weight excluding hydrogens is 460 g/mol. The number of allylic oxidation sites excluding steroid dienone is 1. The van der Waals surface area contributed by atoms with Crippen LogP contribution in [0.4, 0.5) is 10.5 Å². The van der Waals surface area contributed by atoms with Gasteiger partial charge in [0.2, 0.25) is 0 Å². The van der Waals surface area contributed by atoms with Gasteiger partial charge in [-0.25, -0.2) is 9.59 Å². The van der Waals surface area contributed by atoms with E-state index in [1.54, 1.807) is 6.92 Å². The van der Waals surface area contributed by atoms with Crippen molar-refractivity contribution in [2.75, 3.05) is 18.5 Å². The predicted octanol–water partition coefficient (Wildman–Crippen LogP) is 4.87. The van der Waals surface area contributed by atoms with Crippen molar-refractivity contribution < 1.29 is 14.3 Å². The van der Waals surface area contributed by atoms with Crippen LogP contribution in [-0.2, 0) is 9.53 Å². The Kier molecular flexibility index (Phi) is 6.51. The fraction of sp³-hybridized carbons (Fsp3) is 0.593. The highest BCUT2D eigenvalue weighted by Gasteiger charge is 2.51. The molecule has 1 aromatic rings. The van der Waals surface area contributed by atoms with E-state index in [4.69, 9.17) is 17.0 Å². The number of nitrogens with one attached hydrogen (secondary N) is 3. The molecule has 7 nitrogen and oxygen atoms in total. The molecule has 4 bridgehead atoms. The van der Waals surface area contributed by atoms with E-state index in [1.165, 1.54) is 19.3 Å². The van der Waals surface area contributed by atoms with E-state index < -0.39 is 6.04 Å².